The summed E-state index contributed by atoms with van der Waals surface area (Å²) >= 11 is 1.68. The highest BCUT2D eigenvalue weighted by Gasteiger charge is 2.33. The van der Waals surface area contributed by atoms with E-state index >= 15 is 0 Å². The highest BCUT2D eigenvalue weighted by Crippen LogP contribution is 2.37. The van der Waals surface area contributed by atoms with E-state index in [9.17, 15) is 9.90 Å². The standard InChI is InChI=1S/C15H24N2O3S/c1-14(2,9-18)11-7-12(20-17-11)16-13(19)15(3,4)21-8-10-5-6-10/h7,10,18H,5-6,8-9H2,1-4H3,(H,16,19). The number of hydrogen-bond acceptors (Lipinski definition) is 5. The Morgan fingerprint density at radius 2 is 2.14 bits per heavy atom. The van der Waals surface area contributed by atoms with Gasteiger partial charge in [0.15, 0.2) is 0 Å². The van der Waals surface area contributed by atoms with Crippen LogP contribution in [-0.2, 0) is 10.2 Å². The Labute approximate surface area is 129 Å². The molecule has 1 saturated carbocycles. The molecular formula is C15H24N2O3S. The van der Waals surface area contributed by atoms with Crippen LogP contribution in [0.1, 0.15) is 46.2 Å². The summed E-state index contributed by atoms with van der Waals surface area (Å²) < 4.78 is 4.66. The van der Waals surface area contributed by atoms with Crippen molar-refractivity contribution in [1.29, 1.82) is 0 Å². The van der Waals surface area contributed by atoms with Crippen LogP contribution in [0.4, 0.5) is 5.88 Å². The molecular weight excluding hydrogens is 288 g/mol. The van der Waals surface area contributed by atoms with Gasteiger partial charge in [0.05, 0.1) is 17.0 Å². The summed E-state index contributed by atoms with van der Waals surface area (Å²) in [6.07, 6.45) is 2.57. The lowest BCUT2D eigenvalue weighted by atomic mass is 9.91. The first kappa shape index (κ1) is 16.4. The molecule has 2 rings (SSSR count). The zero-order valence-electron chi connectivity index (χ0n) is 13.1. The predicted octanol–water partition coefficient (Wildman–Crippen LogP) is 2.80. The smallest absolute Gasteiger partial charge is 0.242 e. The van der Waals surface area contributed by atoms with Gasteiger partial charge in [-0.3, -0.25) is 10.1 Å². The number of aromatic nitrogens is 1. The molecule has 1 heterocycles. The molecule has 1 aliphatic rings. The monoisotopic (exact) mass is 312 g/mol. The van der Waals surface area contributed by atoms with E-state index in [4.69, 9.17) is 4.52 Å². The summed E-state index contributed by atoms with van der Waals surface area (Å²) in [5.74, 6) is 2.05. The zero-order valence-corrected chi connectivity index (χ0v) is 13.9. The lowest BCUT2D eigenvalue weighted by Crippen LogP contribution is -2.34. The van der Waals surface area contributed by atoms with Crippen LogP contribution in [0.15, 0.2) is 10.6 Å². The van der Waals surface area contributed by atoms with Crippen LogP contribution in [0.2, 0.25) is 0 Å². The van der Waals surface area contributed by atoms with Crippen LogP contribution in [-0.4, -0.2) is 33.3 Å². The first-order valence-corrected chi connectivity index (χ1v) is 8.26. The topological polar surface area (TPSA) is 75.4 Å². The van der Waals surface area contributed by atoms with E-state index in [0.29, 0.717) is 11.6 Å². The molecule has 21 heavy (non-hydrogen) atoms. The van der Waals surface area contributed by atoms with E-state index in [2.05, 4.69) is 10.5 Å². The number of nitrogens with one attached hydrogen (secondary N) is 1. The first-order valence-electron chi connectivity index (χ1n) is 7.28. The maximum atomic E-state index is 12.3. The molecule has 6 heteroatoms. The second kappa shape index (κ2) is 6.01. The van der Waals surface area contributed by atoms with Gasteiger partial charge in [-0.15, -0.1) is 11.8 Å². The molecule has 1 fully saturated rings. The summed E-state index contributed by atoms with van der Waals surface area (Å²) in [6.45, 7) is 7.54. The van der Waals surface area contributed by atoms with Crippen molar-refractivity contribution >= 4 is 23.6 Å². The van der Waals surface area contributed by atoms with Crippen molar-refractivity contribution in [2.75, 3.05) is 17.7 Å². The van der Waals surface area contributed by atoms with E-state index in [1.807, 2.05) is 27.7 Å². The van der Waals surface area contributed by atoms with Crippen molar-refractivity contribution in [3.63, 3.8) is 0 Å². The highest BCUT2D eigenvalue weighted by molar-refractivity contribution is 8.01. The summed E-state index contributed by atoms with van der Waals surface area (Å²) in [4.78, 5) is 12.3. The maximum absolute atomic E-state index is 12.3. The molecule has 1 aliphatic carbocycles. The number of nitrogens with zero attached hydrogens (tertiary/aromatic N) is 1. The number of carbonyl (C=O) groups is 1. The summed E-state index contributed by atoms with van der Waals surface area (Å²) in [5, 5.41) is 16.0. The Balaban J connectivity index is 1.95. The number of aliphatic hydroxyl groups is 1. The maximum Gasteiger partial charge on any atom is 0.242 e. The molecule has 1 aromatic heterocycles. The Morgan fingerprint density at radius 1 is 1.48 bits per heavy atom. The molecule has 0 aromatic carbocycles. The predicted molar refractivity (Wildman–Crippen MR) is 84.5 cm³/mol. The van der Waals surface area contributed by atoms with Crippen LogP contribution in [0.25, 0.3) is 0 Å². The van der Waals surface area contributed by atoms with Crippen LogP contribution >= 0.6 is 11.8 Å². The van der Waals surface area contributed by atoms with Crippen LogP contribution < -0.4 is 5.32 Å². The Kier molecular flexibility index (Phi) is 4.68. The number of thioether (sulfide) groups is 1. The van der Waals surface area contributed by atoms with Crippen LogP contribution in [0.5, 0.6) is 0 Å². The molecule has 1 aromatic rings. The van der Waals surface area contributed by atoms with Crippen molar-refractivity contribution in [1.82, 2.24) is 5.16 Å². The van der Waals surface area contributed by atoms with Crippen molar-refractivity contribution in [3.8, 4) is 0 Å². The van der Waals surface area contributed by atoms with E-state index in [1.54, 1.807) is 17.8 Å². The molecule has 0 bridgehead atoms. The lowest BCUT2D eigenvalue weighted by Gasteiger charge is -2.22. The van der Waals surface area contributed by atoms with Crippen LogP contribution in [0, 0.1) is 5.92 Å². The Hall–Kier alpha value is -1.01. The number of rotatable bonds is 7. The largest absolute Gasteiger partial charge is 0.395 e. The minimum atomic E-state index is -0.498. The van der Waals surface area contributed by atoms with Gasteiger partial charge in [0.1, 0.15) is 0 Å². The quantitative estimate of drug-likeness (QED) is 0.809. The summed E-state index contributed by atoms with van der Waals surface area (Å²) in [5.41, 5.74) is 0.145. The van der Waals surface area contributed by atoms with Crippen LogP contribution in [0.3, 0.4) is 0 Å². The zero-order chi connectivity index (χ0) is 15.7. The molecule has 1 amide bonds. The van der Waals surface area contributed by atoms with Crippen molar-refractivity contribution in [3.05, 3.63) is 11.8 Å². The van der Waals surface area contributed by atoms with Gasteiger partial charge in [-0.05, 0) is 38.4 Å². The number of anilines is 1. The van der Waals surface area contributed by atoms with Gasteiger partial charge in [-0.1, -0.05) is 19.0 Å². The molecule has 0 aliphatic heterocycles. The normalized spacial score (nSPS) is 16.0. The van der Waals surface area contributed by atoms with Gasteiger partial charge in [0.2, 0.25) is 11.8 Å². The SMILES string of the molecule is CC(C)(SCC1CC1)C(=O)Nc1cc(C(C)(C)CO)no1. The van der Waals surface area contributed by atoms with Crippen molar-refractivity contribution in [2.24, 2.45) is 5.92 Å². The molecule has 5 nitrogen and oxygen atoms in total. The third-order valence-corrected chi connectivity index (χ3v) is 5.30. The van der Waals surface area contributed by atoms with E-state index < -0.39 is 10.2 Å². The minimum absolute atomic E-state index is 0.0321. The number of carbonyl (C=O) groups excluding carboxylic acids is 1. The summed E-state index contributed by atoms with van der Waals surface area (Å²) in [7, 11) is 0. The molecule has 0 unspecified atom stereocenters. The van der Waals surface area contributed by atoms with Gasteiger partial charge >= 0.3 is 0 Å². The van der Waals surface area contributed by atoms with Crippen molar-refractivity contribution in [2.45, 2.75) is 50.7 Å². The van der Waals surface area contributed by atoms with E-state index in [-0.39, 0.29) is 12.5 Å². The van der Waals surface area contributed by atoms with Gasteiger partial charge in [0.25, 0.3) is 0 Å². The van der Waals surface area contributed by atoms with E-state index in [0.717, 1.165) is 11.7 Å². The fourth-order valence-electron chi connectivity index (χ4n) is 1.67. The Bertz CT molecular complexity index is 507. The second-order valence-corrected chi connectivity index (χ2v) is 8.48. The molecule has 118 valence electrons. The number of aliphatic hydroxyl groups excluding tert-OH is 1. The molecule has 0 radical (unpaired) electrons. The van der Waals surface area contributed by atoms with Crippen molar-refractivity contribution < 1.29 is 14.4 Å². The van der Waals surface area contributed by atoms with Gasteiger partial charge < -0.3 is 9.63 Å². The lowest BCUT2D eigenvalue weighted by molar-refractivity contribution is -0.117. The minimum Gasteiger partial charge on any atom is -0.395 e. The van der Waals surface area contributed by atoms with Gasteiger partial charge in [-0.25, -0.2) is 0 Å². The summed E-state index contributed by atoms with van der Waals surface area (Å²) in [6, 6.07) is 1.68. The average molecular weight is 312 g/mol. The highest BCUT2D eigenvalue weighted by atomic mass is 32.2. The molecule has 0 saturated heterocycles. The fourth-order valence-corrected chi connectivity index (χ4v) is 2.84. The molecule has 0 spiro atoms. The third-order valence-electron chi connectivity index (χ3n) is 3.76. The first-order chi connectivity index (χ1) is 9.74. The third kappa shape index (κ3) is 4.23. The van der Waals surface area contributed by atoms with E-state index in [1.165, 1.54) is 12.8 Å². The second-order valence-electron chi connectivity index (χ2n) is 6.84. The fraction of sp³-hybridized carbons (Fsp3) is 0.733. The molecule has 2 N–H and O–H groups in total. The number of hydrogen-bond donors (Lipinski definition) is 2. The number of amides is 1. The van der Waals surface area contributed by atoms with Gasteiger partial charge in [0, 0.05) is 11.5 Å². The van der Waals surface area contributed by atoms with Gasteiger partial charge in [-0.2, -0.15) is 0 Å². The average Bonchev–Trinajstić information content (AvgIpc) is 3.14. The Morgan fingerprint density at radius 3 is 2.71 bits per heavy atom. The molecule has 0 atom stereocenters.